The summed E-state index contributed by atoms with van der Waals surface area (Å²) >= 11 is 5.76. The molecule has 0 aliphatic carbocycles. The molecule has 0 saturated carbocycles. The number of nitrogens with zero attached hydrogens (tertiary/aromatic N) is 4. The first kappa shape index (κ1) is 12.9. The van der Waals surface area contributed by atoms with Crippen LogP contribution in [-0.4, -0.2) is 19.7 Å². The molecule has 1 aromatic carbocycles. The molecule has 0 spiro atoms. The van der Waals surface area contributed by atoms with Gasteiger partial charge in [-0.3, -0.25) is 4.68 Å². The second kappa shape index (κ2) is 5.09. The highest BCUT2D eigenvalue weighted by molar-refractivity contribution is 6.28. The molecule has 3 rings (SSSR count). The lowest BCUT2D eigenvalue weighted by molar-refractivity contribution is 0.751. The summed E-state index contributed by atoms with van der Waals surface area (Å²) in [5.41, 5.74) is 4.00. The Bertz CT molecular complexity index is 765. The maximum absolute atomic E-state index is 5.76. The van der Waals surface area contributed by atoms with Crippen molar-refractivity contribution in [1.29, 1.82) is 0 Å². The van der Waals surface area contributed by atoms with Gasteiger partial charge in [0.15, 0.2) is 0 Å². The zero-order valence-electron chi connectivity index (χ0n) is 11.3. The van der Waals surface area contributed by atoms with Crippen LogP contribution < -0.4 is 5.32 Å². The first-order valence-electron chi connectivity index (χ1n) is 6.28. The van der Waals surface area contributed by atoms with E-state index in [2.05, 4.69) is 33.4 Å². The Kier molecular flexibility index (Phi) is 3.28. The molecule has 2 aromatic heterocycles. The van der Waals surface area contributed by atoms with Gasteiger partial charge < -0.3 is 5.32 Å². The van der Waals surface area contributed by atoms with Crippen LogP contribution in [0.5, 0.6) is 0 Å². The largest absolute Gasteiger partial charge is 0.379 e. The molecule has 0 aliphatic rings. The predicted octanol–water partition coefficient (Wildman–Crippen LogP) is 2.94. The molecule has 0 saturated heterocycles. The van der Waals surface area contributed by atoms with Crippen molar-refractivity contribution in [2.24, 2.45) is 7.05 Å². The lowest BCUT2D eigenvalue weighted by Gasteiger charge is -2.05. The van der Waals surface area contributed by atoms with Gasteiger partial charge in [0.2, 0.25) is 5.28 Å². The third kappa shape index (κ3) is 2.44. The highest BCUT2D eigenvalue weighted by Gasteiger charge is 2.05. The van der Waals surface area contributed by atoms with Gasteiger partial charge in [-0.25, -0.2) is 9.97 Å². The van der Waals surface area contributed by atoms with E-state index in [-0.39, 0.29) is 5.28 Å². The van der Waals surface area contributed by atoms with Crippen molar-refractivity contribution in [1.82, 2.24) is 19.7 Å². The molecule has 1 N–H and O–H groups in total. The second-order valence-electron chi connectivity index (χ2n) is 4.61. The van der Waals surface area contributed by atoms with Crippen molar-refractivity contribution in [2.75, 3.05) is 5.32 Å². The molecule has 3 aromatic rings. The molecule has 0 aliphatic heterocycles. The monoisotopic (exact) mass is 287 g/mol. The van der Waals surface area contributed by atoms with Crippen LogP contribution in [0, 0.1) is 6.92 Å². The van der Waals surface area contributed by atoms with Crippen molar-refractivity contribution in [3.63, 3.8) is 0 Å². The molecule has 0 radical (unpaired) electrons. The van der Waals surface area contributed by atoms with Crippen LogP contribution in [0.25, 0.3) is 10.9 Å². The molecule has 0 amide bonds. The Hall–Kier alpha value is -2.14. The number of fused-ring (bicyclic) bond motifs is 1. The average Bonchev–Trinajstić information content (AvgIpc) is 2.72. The van der Waals surface area contributed by atoms with Gasteiger partial charge in [0.05, 0.1) is 17.8 Å². The van der Waals surface area contributed by atoms with Crippen LogP contribution in [0.4, 0.5) is 5.69 Å². The number of hydrogen-bond acceptors (Lipinski definition) is 4. The maximum atomic E-state index is 5.76. The highest BCUT2D eigenvalue weighted by Crippen LogP contribution is 2.21. The first-order valence-corrected chi connectivity index (χ1v) is 6.66. The van der Waals surface area contributed by atoms with Gasteiger partial charge in [-0.15, -0.1) is 0 Å². The SMILES string of the molecule is Cc1c2ccc(NCc3ccnc(Cl)n3)cc2nn1C. The number of hydrogen-bond donors (Lipinski definition) is 1. The van der Waals surface area contributed by atoms with Gasteiger partial charge >= 0.3 is 0 Å². The van der Waals surface area contributed by atoms with Gasteiger partial charge in [-0.05, 0) is 42.8 Å². The van der Waals surface area contributed by atoms with E-state index in [1.54, 1.807) is 6.20 Å². The topological polar surface area (TPSA) is 55.6 Å². The second-order valence-corrected chi connectivity index (χ2v) is 4.95. The number of aromatic nitrogens is 4. The predicted molar refractivity (Wildman–Crippen MR) is 79.8 cm³/mol. The fourth-order valence-corrected chi connectivity index (χ4v) is 2.27. The van der Waals surface area contributed by atoms with Gasteiger partial charge in [-0.1, -0.05) is 0 Å². The molecule has 0 bridgehead atoms. The molecular weight excluding hydrogens is 274 g/mol. The van der Waals surface area contributed by atoms with Gasteiger partial charge in [0.1, 0.15) is 0 Å². The maximum Gasteiger partial charge on any atom is 0.222 e. The molecule has 0 atom stereocenters. The molecule has 0 fully saturated rings. The molecule has 6 heteroatoms. The van der Waals surface area contributed by atoms with Crippen LogP contribution >= 0.6 is 11.6 Å². The minimum atomic E-state index is 0.264. The van der Waals surface area contributed by atoms with E-state index in [0.717, 1.165) is 22.6 Å². The number of benzene rings is 1. The lowest BCUT2D eigenvalue weighted by atomic mass is 10.2. The van der Waals surface area contributed by atoms with E-state index >= 15 is 0 Å². The van der Waals surface area contributed by atoms with Gasteiger partial charge in [-0.2, -0.15) is 5.10 Å². The standard InChI is InChI=1S/C14H14ClN5/c1-9-12-4-3-10(7-13(12)19-20(9)2)17-8-11-5-6-16-14(15)18-11/h3-7,17H,8H2,1-2H3. The minimum Gasteiger partial charge on any atom is -0.379 e. The molecule has 5 nitrogen and oxygen atoms in total. The third-order valence-electron chi connectivity index (χ3n) is 3.29. The summed E-state index contributed by atoms with van der Waals surface area (Å²) in [5.74, 6) is 0. The summed E-state index contributed by atoms with van der Waals surface area (Å²) in [4.78, 5) is 8.00. The number of nitrogens with one attached hydrogen (secondary N) is 1. The fraction of sp³-hybridized carbons (Fsp3) is 0.214. The highest BCUT2D eigenvalue weighted by atomic mass is 35.5. The summed E-state index contributed by atoms with van der Waals surface area (Å²) < 4.78 is 1.89. The van der Waals surface area contributed by atoms with E-state index in [1.807, 2.05) is 29.9 Å². The normalized spacial score (nSPS) is 10.9. The number of aryl methyl sites for hydroxylation is 2. The first-order chi connectivity index (χ1) is 9.63. The lowest BCUT2D eigenvalue weighted by Crippen LogP contribution is -2.02. The van der Waals surface area contributed by atoms with Crippen molar-refractivity contribution < 1.29 is 0 Å². The van der Waals surface area contributed by atoms with E-state index in [0.29, 0.717) is 6.54 Å². The molecule has 20 heavy (non-hydrogen) atoms. The summed E-state index contributed by atoms with van der Waals surface area (Å²) in [5, 5.41) is 9.22. The van der Waals surface area contributed by atoms with E-state index < -0.39 is 0 Å². The zero-order valence-corrected chi connectivity index (χ0v) is 12.0. The van der Waals surface area contributed by atoms with Crippen LogP contribution in [0.15, 0.2) is 30.5 Å². The molecule has 0 unspecified atom stereocenters. The van der Waals surface area contributed by atoms with Gasteiger partial charge in [0, 0.05) is 30.0 Å². The summed E-state index contributed by atoms with van der Waals surface area (Å²) in [7, 11) is 1.95. The Labute approximate surface area is 121 Å². The molecule has 2 heterocycles. The van der Waals surface area contributed by atoms with Crippen molar-refractivity contribution in [3.05, 3.63) is 47.1 Å². The van der Waals surface area contributed by atoms with Crippen LogP contribution in [0.2, 0.25) is 5.28 Å². The van der Waals surface area contributed by atoms with E-state index in [1.165, 1.54) is 5.39 Å². The van der Waals surface area contributed by atoms with E-state index in [4.69, 9.17) is 11.6 Å². The third-order valence-corrected chi connectivity index (χ3v) is 3.47. The zero-order chi connectivity index (χ0) is 14.1. The molecular formula is C14H14ClN5. The summed E-state index contributed by atoms with van der Waals surface area (Å²) in [6.45, 7) is 2.66. The summed E-state index contributed by atoms with van der Waals surface area (Å²) in [6, 6.07) is 7.99. The van der Waals surface area contributed by atoms with Crippen molar-refractivity contribution in [3.8, 4) is 0 Å². The Morgan fingerprint density at radius 2 is 2.15 bits per heavy atom. The smallest absolute Gasteiger partial charge is 0.222 e. The minimum absolute atomic E-state index is 0.264. The van der Waals surface area contributed by atoms with Crippen molar-refractivity contribution in [2.45, 2.75) is 13.5 Å². The molecule has 102 valence electrons. The Balaban J connectivity index is 1.81. The Morgan fingerprint density at radius 3 is 2.95 bits per heavy atom. The number of rotatable bonds is 3. The van der Waals surface area contributed by atoms with E-state index in [9.17, 15) is 0 Å². The number of halogens is 1. The van der Waals surface area contributed by atoms with Crippen LogP contribution in [0.1, 0.15) is 11.4 Å². The average molecular weight is 288 g/mol. The fourth-order valence-electron chi connectivity index (χ4n) is 2.10. The summed E-state index contributed by atoms with van der Waals surface area (Å²) in [6.07, 6.45) is 1.65. The van der Waals surface area contributed by atoms with Crippen molar-refractivity contribution >= 4 is 28.2 Å². The number of anilines is 1. The van der Waals surface area contributed by atoms with Crippen LogP contribution in [-0.2, 0) is 13.6 Å². The quantitative estimate of drug-likeness (QED) is 0.753. The van der Waals surface area contributed by atoms with Crippen LogP contribution in [0.3, 0.4) is 0 Å². The van der Waals surface area contributed by atoms with Gasteiger partial charge in [0.25, 0.3) is 0 Å². The Morgan fingerprint density at radius 1 is 1.30 bits per heavy atom.